The Morgan fingerprint density at radius 1 is 1.44 bits per heavy atom. The maximum atomic E-state index is 6.02. The Morgan fingerprint density at radius 2 is 2.31 bits per heavy atom. The van der Waals surface area contributed by atoms with Crippen molar-refractivity contribution < 1.29 is 0 Å². The smallest absolute Gasteiger partial charge is 0.0474 e. The van der Waals surface area contributed by atoms with Gasteiger partial charge >= 0.3 is 0 Å². The van der Waals surface area contributed by atoms with E-state index in [9.17, 15) is 0 Å². The Kier molecular flexibility index (Phi) is 2.41. The molecule has 1 atom stereocenters. The van der Waals surface area contributed by atoms with Crippen LogP contribution in [0.3, 0.4) is 0 Å². The third-order valence-corrected chi connectivity index (χ3v) is 3.75. The number of halogens is 1. The van der Waals surface area contributed by atoms with Gasteiger partial charge in [-0.05, 0) is 44.0 Å². The molecular weight excluding hydrogens is 220 g/mol. The van der Waals surface area contributed by atoms with Crippen molar-refractivity contribution in [1.29, 1.82) is 0 Å². The molecule has 0 saturated heterocycles. The fraction of sp³-hybridized carbons (Fsp3) is 0.385. The maximum absolute atomic E-state index is 6.02. The van der Waals surface area contributed by atoms with Crippen LogP contribution in [-0.4, -0.2) is 12.0 Å². The number of rotatable bonds is 1. The fourth-order valence-corrected chi connectivity index (χ4v) is 2.90. The Hall–Kier alpha value is -0.990. The molecule has 0 radical (unpaired) electrons. The average Bonchev–Trinajstić information content (AvgIpc) is 2.65. The molecule has 3 rings (SSSR count). The van der Waals surface area contributed by atoms with Gasteiger partial charge in [-0.1, -0.05) is 17.7 Å². The van der Waals surface area contributed by atoms with Crippen LogP contribution in [0.5, 0.6) is 0 Å². The largest absolute Gasteiger partial charge is 0.357 e. The molecule has 1 aromatic heterocycles. The standard InChI is InChI=1S/C13H15ClN2/c1-15-11-4-2-3-10-9-6-5-8(14)7-12(9)16-13(10)11/h5-7,11,15-16H,2-4H2,1H3. The van der Waals surface area contributed by atoms with Gasteiger partial charge in [0.1, 0.15) is 0 Å². The van der Waals surface area contributed by atoms with Gasteiger partial charge in [0, 0.05) is 27.7 Å². The summed E-state index contributed by atoms with van der Waals surface area (Å²) in [5.41, 5.74) is 3.99. The van der Waals surface area contributed by atoms with Gasteiger partial charge in [0.2, 0.25) is 0 Å². The van der Waals surface area contributed by atoms with Crippen molar-refractivity contribution in [2.45, 2.75) is 25.3 Å². The van der Waals surface area contributed by atoms with Crippen LogP contribution in [-0.2, 0) is 6.42 Å². The second-order valence-corrected chi connectivity index (χ2v) is 4.88. The first kappa shape index (κ1) is 10.2. The summed E-state index contributed by atoms with van der Waals surface area (Å²) < 4.78 is 0. The third kappa shape index (κ3) is 1.45. The lowest BCUT2D eigenvalue weighted by Gasteiger charge is -2.21. The van der Waals surface area contributed by atoms with E-state index in [2.05, 4.69) is 16.4 Å². The van der Waals surface area contributed by atoms with Crippen molar-refractivity contribution in [2.75, 3.05) is 7.05 Å². The van der Waals surface area contributed by atoms with E-state index in [1.807, 2.05) is 19.2 Å². The van der Waals surface area contributed by atoms with Crippen LogP contribution in [0.15, 0.2) is 18.2 Å². The lowest BCUT2D eigenvalue weighted by atomic mass is 9.92. The summed E-state index contributed by atoms with van der Waals surface area (Å²) >= 11 is 6.02. The van der Waals surface area contributed by atoms with Gasteiger partial charge in [0.25, 0.3) is 0 Å². The van der Waals surface area contributed by atoms with E-state index in [0.29, 0.717) is 6.04 Å². The second kappa shape index (κ2) is 3.79. The number of aryl methyl sites for hydroxylation is 1. The SMILES string of the molecule is CNC1CCCc2c1[nH]c1cc(Cl)ccc21. The van der Waals surface area contributed by atoms with E-state index in [-0.39, 0.29) is 0 Å². The number of fused-ring (bicyclic) bond motifs is 3. The molecule has 0 bridgehead atoms. The summed E-state index contributed by atoms with van der Waals surface area (Å²) in [5.74, 6) is 0. The minimum absolute atomic E-state index is 0.468. The molecule has 1 aromatic carbocycles. The normalized spacial score (nSPS) is 20.0. The quantitative estimate of drug-likeness (QED) is 0.778. The fourth-order valence-electron chi connectivity index (χ4n) is 2.73. The van der Waals surface area contributed by atoms with Crippen molar-refractivity contribution >= 4 is 22.5 Å². The van der Waals surface area contributed by atoms with Gasteiger partial charge < -0.3 is 10.3 Å². The monoisotopic (exact) mass is 234 g/mol. The molecule has 0 fully saturated rings. The zero-order valence-electron chi connectivity index (χ0n) is 9.31. The first-order chi connectivity index (χ1) is 7.79. The molecule has 3 heteroatoms. The topological polar surface area (TPSA) is 27.8 Å². The summed E-state index contributed by atoms with van der Waals surface area (Å²) in [6.45, 7) is 0. The van der Waals surface area contributed by atoms with Crippen molar-refractivity contribution in [1.82, 2.24) is 10.3 Å². The van der Waals surface area contributed by atoms with Crippen LogP contribution in [0.1, 0.15) is 30.1 Å². The molecular formula is C13H15ClN2. The van der Waals surface area contributed by atoms with Gasteiger partial charge in [0.15, 0.2) is 0 Å². The molecule has 0 aliphatic heterocycles. The van der Waals surface area contributed by atoms with E-state index < -0.39 is 0 Å². The molecule has 1 heterocycles. The number of hydrogen-bond acceptors (Lipinski definition) is 1. The lowest BCUT2D eigenvalue weighted by molar-refractivity contribution is 0.489. The molecule has 2 nitrogen and oxygen atoms in total. The molecule has 2 N–H and O–H groups in total. The van der Waals surface area contributed by atoms with Gasteiger partial charge in [0.05, 0.1) is 0 Å². The lowest BCUT2D eigenvalue weighted by Crippen LogP contribution is -2.21. The first-order valence-electron chi connectivity index (χ1n) is 5.77. The van der Waals surface area contributed by atoms with Gasteiger partial charge in [-0.2, -0.15) is 0 Å². The van der Waals surface area contributed by atoms with Gasteiger partial charge in [-0.3, -0.25) is 0 Å². The van der Waals surface area contributed by atoms with Crippen molar-refractivity contribution in [3.63, 3.8) is 0 Å². The molecule has 0 spiro atoms. The van der Waals surface area contributed by atoms with Crippen LogP contribution < -0.4 is 5.32 Å². The minimum Gasteiger partial charge on any atom is -0.357 e. The van der Waals surface area contributed by atoms with E-state index in [4.69, 9.17) is 11.6 Å². The number of H-pyrrole nitrogens is 1. The highest BCUT2D eigenvalue weighted by Gasteiger charge is 2.22. The summed E-state index contributed by atoms with van der Waals surface area (Å²) in [7, 11) is 2.03. The predicted octanol–water partition coefficient (Wildman–Crippen LogP) is 3.42. The van der Waals surface area contributed by atoms with Crippen LogP contribution in [0.25, 0.3) is 10.9 Å². The first-order valence-corrected chi connectivity index (χ1v) is 6.14. The van der Waals surface area contributed by atoms with E-state index in [1.54, 1.807) is 0 Å². The van der Waals surface area contributed by atoms with E-state index in [1.165, 1.54) is 41.4 Å². The summed E-state index contributed by atoms with van der Waals surface area (Å²) in [6, 6.07) is 6.59. The molecule has 84 valence electrons. The summed E-state index contributed by atoms with van der Waals surface area (Å²) in [6.07, 6.45) is 3.65. The Bertz CT molecular complexity index is 530. The predicted molar refractivity (Wildman–Crippen MR) is 68.0 cm³/mol. The van der Waals surface area contributed by atoms with Crippen molar-refractivity contribution in [3.05, 3.63) is 34.5 Å². The van der Waals surface area contributed by atoms with Crippen molar-refractivity contribution in [2.24, 2.45) is 0 Å². The van der Waals surface area contributed by atoms with Gasteiger partial charge in [-0.25, -0.2) is 0 Å². The number of aromatic amines is 1. The molecule has 2 aromatic rings. The highest BCUT2D eigenvalue weighted by Crippen LogP contribution is 2.35. The number of aromatic nitrogens is 1. The number of hydrogen-bond donors (Lipinski definition) is 2. The Labute approximate surface area is 100.0 Å². The molecule has 0 saturated carbocycles. The van der Waals surface area contributed by atoms with Crippen LogP contribution in [0, 0.1) is 0 Å². The Morgan fingerprint density at radius 3 is 3.12 bits per heavy atom. The van der Waals surface area contributed by atoms with E-state index >= 15 is 0 Å². The molecule has 0 amide bonds. The maximum Gasteiger partial charge on any atom is 0.0474 e. The van der Waals surface area contributed by atoms with Crippen LogP contribution in [0.2, 0.25) is 5.02 Å². The van der Waals surface area contributed by atoms with Crippen LogP contribution in [0.4, 0.5) is 0 Å². The third-order valence-electron chi connectivity index (χ3n) is 3.52. The minimum atomic E-state index is 0.468. The zero-order chi connectivity index (χ0) is 11.1. The molecule has 16 heavy (non-hydrogen) atoms. The highest BCUT2D eigenvalue weighted by atomic mass is 35.5. The second-order valence-electron chi connectivity index (χ2n) is 4.44. The summed E-state index contributed by atoms with van der Waals surface area (Å²) in [5, 5.41) is 5.50. The highest BCUT2D eigenvalue weighted by molar-refractivity contribution is 6.31. The molecule has 1 unspecified atom stereocenters. The van der Waals surface area contributed by atoms with E-state index in [0.717, 1.165) is 5.02 Å². The zero-order valence-corrected chi connectivity index (χ0v) is 10.1. The number of benzene rings is 1. The average molecular weight is 235 g/mol. The molecule has 1 aliphatic carbocycles. The van der Waals surface area contributed by atoms with Gasteiger partial charge in [-0.15, -0.1) is 0 Å². The summed E-state index contributed by atoms with van der Waals surface area (Å²) in [4.78, 5) is 3.51. The van der Waals surface area contributed by atoms with Crippen LogP contribution >= 0.6 is 11.6 Å². The Balaban J connectivity index is 2.24. The molecule has 1 aliphatic rings. The van der Waals surface area contributed by atoms with Crippen molar-refractivity contribution in [3.8, 4) is 0 Å². The number of nitrogens with one attached hydrogen (secondary N) is 2.